The van der Waals surface area contributed by atoms with Crippen molar-refractivity contribution < 1.29 is 9.50 Å². The summed E-state index contributed by atoms with van der Waals surface area (Å²) in [6.07, 6.45) is 3.74. The number of hydrogen-bond donors (Lipinski definition) is 1. The zero-order valence-electron chi connectivity index (χ0n) is 11.1. The van der Waals surface area contributed by atoms with Gasteiger partial charge in [0.25, 0.3) is 0 Å². The Labute approximate surface area is 117 Å². The summed E-state index contributed by atoms with van der Waals surface area (Å²) < 4.78 is 14.7. The van der Waals surface area contributed by atoms with E-state index in [1.165, 1.54) is 12.1 Å². The smallest absolute Gasteiger partial charge is 0.199 e. The first kappa shape index (κ1) is 12.7. The molecule has 2 nitrogen and oxygen atoms in total. The Bertz CT molecular complexity index is 715. The van der Waals surface area contributed by atoms with Crippen LogP contribution < -0.4 is 0 Å². The highest BCUT2D eigenvalue weighted by molar-refractivity contribution is 5.87. The van der Waals surface area contributed by atoms with E-state index in [2.05, 4.69) is 0 Å². The molecule has 1 heterocycles. The minimum atomic E-state index is -0.206. The van der Waals surface area contributed by atoms with Gasteiger partial charge in [0.1, 0.15) is 5.82 Å². The molecular formula is C17H16FNO. The first-order valence-electron chi connectivity index (χ1n) is 6.75. The van der Waals surface area contributed by atoms with E-state index in [1.54, 1.807) is 12.1 Å². The molecule has 0 amide bonds. The van der Waals surface area contributed by atoms with Crippen LogP contribution in [0.15, 0.2) is 54.7 Å². The summed E-state index contributed by atoms with van der Waals surface area (Å²) in [6, 6.07) is 14.4. The first-order valence-corrected chi connectivity index (χ1v) is 6.75. The molecule has 3 aromatic rings. The number of aromatic nitrogens is 1. The molecule has 3 rings (SSSR count). The minimum Gasteiger partial charge on any atom is -0.494 e. The van der Waals surface area contributed by atoms with E-state index in [0.29, 0.717) is 5.88 Å². The molecule has 0 saturated carbocycles. The Balaban J connectivity index is 1.68. The highest BCUT2D eigenvalue weighted by Gasteiger charge is 2.06. The van der Waals surface area contributed by atoms with Gasteiger partial charge in [0, 0.05) is 23.5 Å². The predicted molar refractivity (Wildman–Crippen MR) is 78.3 cm³/mol. The summed E-state index contributed by atoms with van der Waals surface area (Å²) in [6.45, 7) is 0.748. The summed E-state index contributed by atoms with van der Waals surface area (Å²) in [5.41, 5.74) is 1.11. The van der Waals surface area contributed by atoms with Crippen molar-refractivity contribution in [2.75, 3.05) is 0 Å². The number of nitrogens with zero attached hydrogens (tertiary/aromatic N) is 1. The van der Waals surface area contributed by atoms with Crippen LogP contribution in [0.3, 0.4) is 0 Å². The summed E-state index contributed by atoms with van der Waals surface area (Å²) in [5, 5.41) is 12.1. The quantitative estimate of drug-likeness (QED) is 0.757. The summed E-state index contributed by atoms with van der Waals surface area (Å²) in [4.78, 5) is 0. The van der Waals surface area contributed by atoms with E-state index in [0.717, 1.165) is 35.7 Å². The molecule has 20 heavy (non-hydrogen) atoms. The molecule has 2 aromatic carbocycles. The zero-order valence-corrected chi connectivity index (χ0v) is 11.1. The van der Waals surface area contributed by atoms with Crippen molar-refractivity contribution in [3.05, 3.63) is 66.1 Å². The summed E-state index contributed by atoms with van der Waals surface area (Å²) >= 11 is 0. The molecule has 1 aromatic heterocycles. The van der Waals surface area contributed by atoms with Crippen LogP contribution in [0, 0.1) is 5.82 Å². The maximum atomic E-state index is 12.8. The van der Waals surface area contributed by atoms with Crippen molar-refractivity contribution in [1.82, 2.24) is 4.57 Å². The van der Waals surface area contributed by atoms with E-state index < -0.39 is 0 Å². The average Bonchev–Trinajstić information content (AvgIpc) is 2.78. The van der Waals surface area contributed by atoms with E-state index in [4.69, 9.17) is 0 Å². The molecule has 0 atom stereocenters. The molecular weight excluding hydrogens is 253 g/mol. The van der Waals surface area contributed by atoms with E-state index in [9.17, 15) is 9.50 Å². The second-order valence-electron chi connectivity index (χ2n) is 4.96. The fourth-order valence-corrected chi connectivity index (χ4v) is 2.47. The Morgan fingerprint density at radius 2 is 1.75 bits per heavy atom. The number of aryl methyl sites for hydroxylation is 2. The fraction of sp³-hybridized carbons (Fsp3) is 0.176. The maximum Gasteiger partial charge on any atom is 0.199 e. The Hall–Kier alpha value is -2.29. The van der Waals surface area contributed by atoms with Crippen LogP contribution in [0.1, 0.15) is 12.0 Å². The molecule has 1 N–H and O–H groups in total. The van der Waals surface area contributed by atoms with Gasteiger partial charge >= 0.3 is 0 Å². The van der Waals surface area contributed by atoms with Crippen molar-refractivity contribution in [3.63, 3.8) is 0 Å². The van der Waals surface area contributed by atoms with Gasteiger partial charge in [0.2, 0.25) is 0 Å². The topological polar surface area (TPSA) is 25.2 Å². The number of halogens is 1. The van der Waals surface area contributed by atoms with Gasteiger partial charge in [-0.1, -0.05) is 30.3 Å². The Morgan fingerprint density at radius 3 is 2.50 bits per heavy atom. The van der Waals surface area contributed by atoms with Crippen LogP contribution in [0.4, 0.5) is 4.39 Å². The van der Waals surface area contributed by atoms with Crippen molar-refractivity contribution in [1.29, 1.82) is 0 Å². The molecule has 0 aliphatic rings. The maximum absolute atomic E-state index is 12.8. The van der Waals surface area contributed by atoms with E-state index >= 15 is 0 Å². The molecule has 0 fully saturated rings. The molecule has 0 aliphatic heterocycles. The number of hydrogen-bond acceptors (Lipinski definition) is 1. The monoisotopic (exact) mass is 269 g/mol. The summed E-state index contributed by atoms with van der Waals surface area (Å²) in [5.74, 6) is 0.114. The molecule has 0 saturated heterocycles. The zero-order chi connectivity index (χ0) is 13.9. The van der Waals surface area contributed by atoms with Gasteiger partial charge in [0.15, 0.2) is 5.88 Å². The molecule has 102 valence electrons. The van der Waals surface area contributed by atoms with Gasteiger partial charge in [-0.05, 0) is 36.6 Å². The second-order valence-corrected chi connectivity index (χ2v) is 4.96. The summed E-state index contributed by atoms with van der Waals surface area (Å²) in [7, 11) is 0. The number of rotatable bonds is 4. The lowest BCUT2D eigenvalue weighted by Gasteiger charge is -2.05. The third-order valence-electron chi connectivity index (χ3n) is 3.55. The van der Waals surface area contributed by atoms with E-state index in [1.807, 2.05) is 35.0 Å². The third-order valence-corrected chi connectivity index (χ3v) is 3.55. The third kappa shape index (κ3) is 2.52. The highest BCUT2D eigenvalue weighted by Crippen LogP contribution is 2.26. The molecule has 0 unspecified atom stereocenters. The van der Waals surface area contributed by atoms with Gasteiger partial charge in [-0.15, -0.1) is 0 Å². The van der Waals surface area contributed by atoms with Crippen LogP contribution >= 0.6 is 0 Å². The number of aromatic hydroxyl groups is 1. The average molecular weight is 269 g/mol. The van der Waals surface area contributed by atoms with Gasteiger partial charge in [-0.25, -0.2) is 4.39 Å². The molecule has 3 heteroatoms. The van der Waals surface area contributed by atoms with Gasteiger partial charge in [0.05, 0.1) is 0 Å². The van der Waals surface area contributed by atoms with E-state index in [-0.39, 0.29) is 5.82 Å². The first-order chi connectivity index (χ1) is 9.74. The van der Waals surface area contributed by atoms with Crippen LogP contribution in [-0.2, 0) is 13.0 Å². The van der Waals surface area contributed by atoms with Gasteiger partial charge in [-0.2, -0.15) is 0 Å². The lowest BCUT2D eigenvalue weighted by molar-refractivity contribution is 0.418. The standard InChI is InChI=1S/C17H16FNO/c18-15-9-7-13(8-10-15)4-3-11-19-12-14-5-1-2-6-16(14)17(19)20/h1-2,5-10,12,20H,3-4,11H2. The lowest BCUT2D eigenvalue weighted by atomic mass is 10.1. The predicted octanol–water partition coefficient (Wildman–Crippen LogP) is 4.12. The Morgan fingerprint density at radius 1 is 1.00 bits per heavy atom. The molecule has 0 aliphatic carbocycles. The SMILES string of the molecule is Oc1c2ccccc2cn1CCCc1ccc(F)cc1. The second kappa shape index (κ2) is 5.37. The lowest BCUT2D eigenvalue weighted by Crippen LogP contribution is -1.97. The van der Waals surface area contributed by atoms with Gasteiger partial charge in [-0.3, -0.25) is 0 Å². The van der Waals surface area contributed by atoms with Crippen molar-refractivity contribution in [3.8, 4) is 5.88 Å². The van der Waals surface area contributed by atoms with Crippen LogP contribution in [0.2, 0.25) is 0 Å². The number of benzene rings is 2. The fourth-order valence-electron chi connectivity index (χ4n) is 2.47. The molecule has 0 spiro atoms. The van der Waals surface area contributed by atoms with Crippen molar-refractivity contribution in [2.24, 2.45) is 0 Å². The molecule has 0 radical (unpaired) electrons. The van der Waals surface area contributed by atoms with Crippen LogP contribution in [0.25, 0.3) is 10.8 Å². The minimum absolute atomic E-state index is 0.206. The molecule has 0 bridgehead atoms. The van der Waals surface area contributed by atoms with Crippen molar-refractivity contribution in [2.45, 2.75) is 19.4 Å². The van der Waals surface area contributed by atoms with Crippen LogP contribution in [0.5, 0.6) is 5.88 Å². The largest absolute Gasteiger partial charge is 0.494 e. The van der Waals surface area contributed by atoms with Gasteiger partial charge < -0.3 is 9.67 Å². The van der Waals surface area contributed by atoms with Crippen LogP contribution in [-0.4, -0.2) is 9.67 Å². The number of fused-ring (bicyclic) bond motifs is 1. The normalized spacial score (nSPS) is 11.1. The Kier molecular flexibility index (Phi) is 3.42. The highest BCUT2D eigenvalue weighted by atomic mass is 19.1. The van der Waals surface area contributed by atoms with Crippen molar-refractivity contribution >= 4 is 10.8 Å².